The second-order valence-electron chi connectivity index (χ2n) is 15.6. The van der Waals surface area contributed by atoms with Crippen LogP contribution in [0.3, 0.4) is 0 Å². The minimum absolute atomic E-state index is 0.595. The summed E-state index contributed by atoms with van der Waals surface area (Å²) in [4.78, 5) is 2.50. The molecule has 12 rings (SSSR count). The lowest BCUT2D eigenvalue weighted by Crippen LogP contribution is -2.33. The first-order valence-electron chi connectivity index (χ1n) is 20.2. The van der Waals surface area contributed by atoms with Crippen LogP contribution in [0.25, 0.3) is 66.1 Å². The van der Waals surface area contributed by atoms with E-state index in [1.165, 1.54) is 94.0 Å². The van der Waals surface area contributed by atoms with Gasteiger partial charge in [0, 0.05) is 16.9 Å². The van der Waals surface area contributed by atoms with Crippen molar-refractivity contribution in [3.05, 3.63) is 247 Å². The van der Waals surface area contributed by atoms with Gasteiger partial charge < -0.3 is 4.90 Å². The molecule has 10 aromatic rings. The molecule has 0 saturated heterocycles. The summed E-state index contributed by atoms with van der Waals surface area (Å²) in [5.41, 5.74) is 18.1. The average molecular weight is 736 g/mol. The van der Waals surface area contributed by atoms with Crippen molar-refractivity contribution in [2.24, 2.45) is 0 Å². The Balaban J connectivity index is 1.18. The predicted molar refractivity (Wildman–Crippen MR) is 243 cm³/mol. The third-order valence-corrected chi connectivity index (χ3v) is 12.7. The van der Waals surface area contributed by atoms with Crippen LogP contribution in [-0.4, -0.2) is 0 Å². The molecule has 0 aliphatic heterocycles. The molecule has 10 aromatic carbocycles. The minimum atomic E-state index is -0.595. The molecule has 0 fully saturated rings. The molecule has 0 saturated carbocycles. The molecule has 1 heteroatoms. The maximum Gasteiger partial charge on any atom is 0.0746 e. The number of hydrogen-bond acceptors (Lipinski definition) is 1. The van der Waals surface area contributed by atoms with Gasteiger partial charge in [0.1, 0.15) is 0 Å². The van der Waals surface area contributed by atoms with E-state index in [0.717, 1.165) is 11.4 Å². The lowest BCUT2D eigenvalue weighted by atomic mass is 9.60. The molecular formula is C57H37N. The van der Waals surface area contributed by atoms with Crippen molar-refractivity contribution in [2.75, 3.05) is 4.90 Å². The average Bonchev–Trinajstić information content (AvgIpc) is 3.60. The zero-order valence-electron chi connectivity index (χ0n) is 31.8. The SMILES string of the molecule is c1ccc(-c2ccc(N(c3ccc(-c4ccccc4)cc3)c3cccc4c3C3(c5ccccc5-4)c4ccc5ccccc5c4-c4cccc5cccc3c45)cc2)cc1. The summed E-state index contributed by atoms with van der Waals surface area (Å²) in [6, 6.07) is 83.2. The van der Waals surface area contributed by atoms with Gasteiger partial charge in [0.15, 0.2) is 0 Å². The maximum atomic E-state index is 2.50. The fourth-order valence-electron chi connectivity index (χ4n) is 10.3. The molecule has 1 nitrogen and oxygen atoms in total. The summed E-state index contributed by atoms with van der Waals surface area (Å²) in [7, 11) is 0. The third-order valence-electron chi connectivity index (χ3n) is 12.7. The van der Waals surface area contributed by atoms with Crippen LogP contribution in [0, 0.1) is 0 Å². The van der Waals surface area contributed by atoms with E-state index in [-0.39, 0.29) is 0 Å². The Hall–Kier alpha value is -7.48. The number of nitrogens with zero attached hydrogens (tertiary/aromatic N) is 1. The molecule has 1 atom stereocenters. The molecule has 58 heavy (non-hydrogen) atoms. The largest absolute Gasteiger partial charge is 0.310 e. The van der Waals surface area contributed by atoms with E-state index in [9.17, 15) is 0 Å². The van der Waals surface area contributed by atoms with E-state index in [0.29, 0.717) is 0 Å². The van der Waals surface area contributed by atoms with E-state index < -0.39 is 5.41 Å². The topological polar surface area (TPSA) is 3.24 Å². The van der Waals surface area contributed by atoms with Crippen LogP contribution in [0.5, 0.6) is 0 Å². The molecule has 270 valence electrons. The molecule has 0 amide bonds. The van der Waals surface area contributed by atoms with E-state index >= 15 is 0 Å². The normalized spacial score (nSPS) is 14.6. The van der Waals surface area contributed by atoms with Crippen molar-refractivity contribution in [3.63, 3.8) is 0 Å². The number of hydrogen-bond donors (Lipinski definition) is 0. The van der Waals surface area contributed by atoms with Gasteiger partial charge in [0.2, 0.25) is 0 Å². The highest BCUT2D eigenvalue weighted by atomic mass is 15.1. The molecular weight excluding hydrogens is 699 g/mol. The fraction of sp³-hybridized carbons (Fsp3) is 0.0175. The molecule has 1 unspecified atom stereocenters. The molecule has 0 aromatic heterocycles. The van der Waals surface area contributed by atoms with Crippen molar-refractivity contribution in [1.29, 1.82) is 0 Å². The lowest BCUT2D eigenvalue weighted by Gasteiger charge is -2.42. The standard InChI is InChI=1S/C57H37N/c1-3-14-38(15-4-1)40-28-33-44(34-29-40)58(45-35-30-41(31-36-45)39-16-5-2-6-17-39)53-27-13-23-48-47-22-9-10-25-50(47)57(56(48)53)51-26-12-20-43-19-11-24-49(54(43)51)55-46-21-8-7-18-42(46)32-37-52(55)57/h1-37H. The summed E-state index contributed by atoms with van der Waals surface area (Å²) >= 11 is 0. The molecule has 0 N–H and O–H groups in total. The Bertz CT molecular complexity index is 3110. The van der Waals surface area contributed by atoms with Gasteiger partial charge in [-0.2, -0.15) is 0 Å². The Labute approximate surface area is 338 Å². The van der Waals surface area contributed by atoms with Crippen LogP contribution in [-0.2, 0) is 5.41 Å². The Morgan fingerprint density at radius 3 is 1.53 bits per heavy atom. The van der Waals surface area contributed by atoms with Gasteiger partial charge in [-0.25, -0.2) is 0 Å². The Morgan fingerprint density at radius 2 is 0.828 bits per heavy atom. The Kier molecular flexibility index (Phi) is 7.21. The molecule has 0 heterocycles. The molecule has 2 aliphatic rings. The van der Waals surface area contributed by atoms with E-state index in [1.54, 1.807) is 0 Å². The first-order chi connectivity index (χ1) is 28.8. The lowest BCUT2D eigenvalue weighted by molar-refractivity contribution is 0.774. The molecule has 2 aliphatic carbocycles. The second-order valence-corrected chi connectivity index (χ2v) is 15.6. The van der Waals surface area contributed by atoms with Crippen molar-refractivity contribution in [1.82, 2.24) is 0 Å². The Morgan fingerprint density at radius 1 is 0.310 bits per heavy atom. The zero-order valence-corrected chi connectivity index (χ0v) is 31.8. The van der Waals surface area contributed by atoms with Crippen LogP contribution in [0.2, 0.25) is 0 Å². The van der Waals surface area contributed by atoms with Crippen molar-refractivity contribution in [2.45, 2.75) is 5.41 Å². The van der Waals surface area contributed by atoms with Gasteiger partial charge in [0.25, 0.3) is 0 Å². The first-order valence-corrected chi connectivity index (χ1v) is 20.2. The summed E-state index contributed by atoms with van der Waals surface area (Å²) in [6.45, 7) is 0. The minimum Gasteiger partial charge on any atom is -0.310 e. The summed E-state index contributed by atoms with van der Waals surface area (Å²) in [6.07, 6.45) is 0. The quantitative estimate of drug-likeness (QED) is 0.170. The fourth-order valence-corrected chi connectivity index (χ4v) is 10.3. The summed E-state index contributed by atoms with van der Waals surface area (Å²) in [5, 5.41) is 5.14. The van der Waals surface area contributed by atoms with Crippen LogP contribution >= 0.6 is 0 Å². The van der Waals surface area contributed by atoms with Crippen LogP contribution in [0.4, 0.5) is 17.1 Å². The molecule has 0 bridgehead atoms. The van der Waals surface area contributed by atoms with E-state index in [1.807, 2.05) is 0 Å². The van der Waals surface area contributed by atoms with Crippen molar-refractivity contribution in [3.8, 4) is 44.5 Å². The highest BCUT2D eigenvalue weighted by molar-refractivity contribution is 6.14. The van der Waals surface area contributed by atoms with Crippen LogP contribution in [0.1, 0.15) is 22.3 Å². The highest BCUT2D eigenvalue weighted by Crippen LogP contribution is 2.65. The second kappa shape index (κ2) is 12.8. The third kappa shape index (κ3) is 4.65. The van der Waals surface area contributed by atoms with Crippen molar-refractivity contribution < 1.29 is 0 Å². The van der Waals surface area contributed by atoms with Gasteiger partial charge >= 0.3 is 0 Å². The highest BCUT2D eigenvalue weighted by Gasteiger charge is 2.52. The number of rotatable bonds is 5. The summed E-state index contributed by atoms with van der Waals surface area (Å²) in [5.74, 6) is 0. The van der Waals surface area contributed by atoms with E-state index in [4.69, 9.17) is 0 Å². The first kappa shape index (κ1) is 32.7. The van der Waals surface area contributed by atoms with E-state index in [2.05, 4.69) is 229 Å². The smallest absolute Gasteiger partial charge is 0.0746 e. The maximum absolute atomic E-state index is 2.50. The van der Waals surface area contributed by atoms with Gasteiger partial charge in [-0.05, 0) is 113 Å². The van der Waals surface area contributed by atoms with Gasteiger partial charge in [0.05, 0.1) is 11.1 Å². The van der Waals surface area contributed by atoms with Gasteiger partial charge in [-0.1, -0.05) is 194 Å². The molecule has 1 spiro atoms. The molecule has 0 radical (unpaired) electrons. The number of anilines is 3. The summed E-state index contributed by atoms with van der Waals surface area (Å²) < 4.78 is 0. The number of fused-ring (bicyclic) bond motifs is 11. The predicted octanol–water partition coefficient (Wildman–Crippen LogP) is 15.1. The van der Waals surface area contributed by atoms with Crippen LogP contribution in [0.15, 0.2) is 224 Å². The van der Waals surface area contributed by atoms with Gasteiger partial charge in [-0.15, -0.1) is 0 Å². The monoisotopic (exact) mass is 735 g/mol. The number of benzene rings is 10. The van der Waals surface area contributed by atoms with Crippen LogP contribution < -0.4 is 4.90 Å². The van der Waals surface area contributed by atoms with Gasteiger partial charge in [-0.3, -0.25) is 0 Å². The van der Waals surface area contributed by atoms with Crippen molar-refractivity contribution >= 4 is 38.6 Å². The zero-order chi connectivity index (χ0) is 38.2.